The van der Waals surface area contributed by atoms with Crippen LogP contribution in [0.4, 0.5) is 10.5 Å². The molecule has 0 spiro atoms. The van der Waals surface area contributed by atoms with Crippen LogP contribution in [0.2, 0.25) is 0 Å². The van der Waals surface area contributed by atoms with E-state index in [-0.39, 0.29) is 11.4 Å². The van der Waals surface area contributed by atoms with Gasteiger partial charge < -0.3 is 10.2 Å². The molecule has 0 bridgehead atoms. The van der Waals surface area contributed by atoms with E-state index in [1.807, 2.05) is 17.0 Å². The second kappa shape index (κ2) is 6.29. The summed E-state index contributed by atoms with van der Waals surface area (Å²) < 4.78 is 0. The quantitative estimate of drug-likeness (QED) is 0.809. The smallest absolute Gasteiger partial charge is 0.321 e. The molecule has 1 heterocycles. The predicted molar refractivity (Wildman–Crippen MR) is 84.2 cm³/mol. The molecule has 1 aliphatic heterocycles. The number of urea groups is 1. The second-order valence-electron chi connectivity index (χ2n) is 6.66. The first-order valence-corrected chi connectivity index (χ1v) is 7.63. The number of hydrogen-bond acceptors (Lipinski definition) is 1. The van der Waals surface area contributed by atoms with Crippen molar-refractivity contribution in [1.29, 1.82) is 0 Å². The fourth-order valence-corrected chi connectivity index (χ4v) is 2.53. The average Bonchev–Trinajstić information content (AvgIpc) is 2.67. The molecular weight excluding hydrogens is 248 g/mol. The lowest BCUT2D eigenvalue weighted by atomic mass is 9.87. The molecule has 0 atom stereocenters. The number of likely N-dealkylation sites (tertiary alicyclic amines) is 1. The monoisotopic (exact) mass is 274 g/mol. The number of benzene rings is 1. The number of rotatable bonds is 1. The zero-order valence-corrected chi connectivity index (χ0v) is 12.9. The van der Waals surface area contributed by atoms with Crippen molar-refractivity contribution >= 4 is 11.7 Å². The van der Waals surface area contributed by atoms with E-state index >= 15 is 0 Å². The number of carbonyl (C=O) groups is 1. The third-order valence-electron chi connectivity index (χ3n) is 3.90. The Labute approximate surface area is 122 Å². The third kappa shape index (κ3) is 3.99. The molecule has 110 valence electrons. The highest BCUT2D eigenvalue weighted by Crippen LogP contribution is 2.23. The van der Waals surface area contributed by atoms with E-state index in [1.54, 1.807) is 0 Å². The molecule has 3 nitrogen and oxygen atoms in total. The Morgan fingerprint density at radius 2 is 1.55 bits per heavy atom. The molecule has 3 heteroatoms. The molecule has 2 amide bonds. The van der Waals surface area contributed by atoms with Crippen molar-refractivity contribution in [3.8, 4) is 0 Å². The Hall–Kier alpha value is -1.51. The van der Waals surface area contributed by atoms with Gasteiger partial charge in [0, 0.05) is 18.8 Å². The van der Waals surface area contributed by atoms with Crippen LogP contribution >= 0.6 is 0 Å². The Morgan fingerprint density at radius 1 is 1.00 bits per heavy atom. The summed E-state index contributed by atoms with van der Waals surface area (Å²) in [5.74, 6) is 0. The first kappa shape index (κ1) is 14.9. The van der Waals surface area contributed by atoms with Crippen LogP contribution in [0.15, 0.2) is 24.3 Å². The van der Waals surface area contributed by atoms with Gasteiger partial charge in [0.25, 0.3) is 0 Å². The minimum atomic E-state index is 0.0374. The highest BCUT2D eigenvalue weighted by Gasteiger charge is 2.16. The van der Waals surface area contributed by atoms with Gasteiger partial charge in [0.15, 0.2) is 0 Å². The van der Waals surface area contributed by atoms with Gasteiger partial charge in [-0.3, -0.25) is 0 Å². The first-order valence-electron chi connectivity index (χ1n) is 7.63. The molecule has 1 aromatic carbocycles. The van der Waals surface area contributed by atoms with Gasteiger partial charge in [-0.1, -0.05) is 45.7 Å². The molecule has 0 saturated carbocycles. The number of anilines is 1. The van der Waals surface area contributed by atoms with E-state index in [4.69, 9.17) is 0 Å². The molecule has 0 aliphatic carbocycles. The van der Waals surface area contributed by atoms with Crippen molar-refractivity contribution < 1.29 is 4.79 Å². The normalized spacial score (nSPS) is 16.6. The molecule has 0 unspecified atom stereocenters. The maximum Gasteiger partial charge on any atom is 0.321 e. The minimum absolute atomic E-state index is 0.0374. The van der Waals surface area contributed by atoms with Gasteiger partial charge in [-0.25, -0.2) is 4.79 Å². The summed E-state index contributed by atoms with van der Waals surface area (Å²) >= 11 is 0. The molecular formula is C17H26N2O. The van der Waals surface area contributed by atoms with E-state index in [0.717, 1.165) is 31.6 Å². The van der Waals surface area contributed by atoms with E-state index in [1.165, 1.54) is 18.4 Å². The van der Waals surface area contributed by atoms with Gasteiger partial charge in [0.05, 0.1) is 0 Å². The average molecular weight is 274 g/mol. The standard InChI is InChI=1S/C17H26N2O/c1-17(2,3)14-8-10-15(11-9-14)18-16(20)19-12-6-4-5-7-13-19/h8-11H,4-7,12-13H2,1-3H3,(H,18,20). The van der Waals surface area contributed by atoms with Crippen molar-refractivity contribution in [2.75, 3.05) is 18.4 Å². The van der Waals surface area contributed by atoms with Gasteiger partial charge in [-0.05, 0) is 36.0 Å². The van der Waals surface area contributed by atoms with Crippen LogP contribution in [0.1, 0.15) is 52.0 Å². The lowest BCUT2D eigenvalue weighted by molar-refractivity contribution is 0.214. The summed E-state index contributed by atoms with van der Waals surface area (Å²) in [5, 5.41) is 3.01. The number of hydrogen-bond donors (Lipinski definition) is 1. The van der Waals surface area contributed by atoms with Gasteiger partial charge in [-0.2, -0.15) is 0 Å². The molecule has 1 fully saturated rings. The Kier molecular flexibility index (Phi) is 4.69. The second-order valence-corrected chi connectivity index (χ2v) is 6.66. The fraction of sp³-hybridized carbons (Fsp3) is 0.588. The van der Waals surface area contributed by atoms with Gasteiger partial charge in [-0.15, -0.1) is 0 Å². The lowest BCUT2D eigenvalue weighted by Gasteiger charge is -2.22. The number of carbonyl (C=O) groups excluding carboxylic acids is 1. The molecule has 2 rings (SSSR count). The summed E-state index contributed by atoms with van der Waals surface area (Å²) in [6.45, 7) is 8.34. The topological polar surface area (TPSA) is 32.3 Å². The molecule has 1 N–H and O–H groups in total. The maximum atomic E-state index is 12.2. The number of nitrogens with zero attached hydrogens (tertiary/aromatic N) is 1. The van der Waals surface area contributed by atoms with Crippen molar-refractivity contribution in [3.05, 3.63) is 29.8 Å². The fourth-order valence-electron chi connectivity index (χ4n) is 2.53. The summed E-state index contributed by atoms with van der Waals surface area (Å²) in [7, 11) is 0. The van der Waals surface area contributed by atoms with E-state index in [2.05, 4.69) is 38.2 Å². The van der Waals surface area contributed by atoms with Gasteiger partial charge in [0.2, 0.25) is 0 Å². The summed E-state index contributed by atoms with van der Waals surface area (Å²) in [6, 6.07) is 8.22. The van der Waals surface area contributed by atoms with Crippen LogP contribution in [-0.2, 0) is 5.41 Å². The van der Waals surface area contributed by atoms with Crippen LogP contribution in [0.3, 0.4) is 0 Å². The van der Waals surface area contributed by atoms with Crippen molar-refractivity contribution in [2.24, 2.45) is 0 Å². The highest BCUT2D eigenvalue weighted by molar-refractivity contribution is 5.89. The summed E-state index contributed by atoms with van der Waals surface area (Å²) in [5.41, 5.74) is 2.31. The van der Waals surface area contributed by atoms with Gasteiger partial charge in [0.1, 0.15) is 0 Å². The zero-order chi connectivity index (χ0) is 14.6. The third-order valence-corrected chi connectivity index (χ3v) is 3.90. The van der Waals surface area contributed by atoms with Crippen molar-refractivity contribution in [3.63, 3.8) is 0 Å². The molecule has 1 saturated heterocycles. The number of nitrogens with one attached hydrogen (secondary N) is 1. The molecule has 0 aromatic heterocycles. The highest BCUT2D eigenvalue weighted by atomic mass is 16.2. The summed E-state index contributed by atoms with van der Waals surface area (Å²) in [4.78, 5) is 14.2. The van der Waals surface area contributed by atoms with E-state index in [9.17, 15) is 4.79 Å². The predicted octanol–water partition coefficient (Wildman–Crippen LogP) is 4.39. The maximum absolute atomic E-state index is 12.2. The summed E-state index contributed by atoms with van der Waals surface area (Å²) in [6.07, 6.45) is 4.72. The molecule has 0 radical (unpaired) electrons. The van der Waals surface area contributed by atoms with Crippen LogP contribution in [0, 0.1) is 0 Å². The zero-order valence-electron chi connectivity index (χ0n) is 12.9. The van der Waals surface area contributed by atoms with Crippen LogP contribution in [0.25, 0.3) is 0 Å². The van der Waals surface area contributed by atoms with Crippen molar-refractivity contribution in [2.45, 2.75) is 51.9 Å². The first-order chi connectivity index (χ1) is 9.47. The molecule has 1 aromatic rings. The Morgan fingerprint density at radius 3 is 2.05 bits per heavy atom. The minimum Gasteiger partial charge on any atom is -0.325 e. The van der Waals surface area contributed by atoms with Gasteiger partial charge >= 0.3 is 6.03 Å². The Bertz CT molecular complexity index is 437. The molecule has 20 heavy (non-hydrogen) atoms. The Balaban J connectivity index is 1.97. The molecule has 1 aliphatic rings. The van der Waals surface area contributed by atoms with E-state index in [0.29, 0.717) is 0 Å². The van der Waals surface area contributed by atoms with E-state index < -0.39 is 0 Å². The van der Waals surface area contributed by atoms with Crippen molar-refractivity contribution in [1.82, 2.24) is 4.90 Å². The SMILES string of the molecule is CC(C)(C)c1ccc(NC(=O)N2CCCCCC2)cc1. The van der Waals surface area contributed by atoms with Crippen LogP contribution < -0.4 is 5.32 Å². The largest absolute Gasteiger partial charge is 0.325 e. The number of amides is 2. The van der Waals surface area contributed by atoms with Crippen LogP contribution in [0.5, 0.6) is 0 Å². The lowest BCUT2D eigenvalue weighted by Crippen LogP contribution is -2.35. The van der Waals surface area contributed by atoms with Crippen LogP contribution in [-0.4, -0.2) is 24.0 Å².